The van der Waals surface area contributed by atoms with Gasteiger partial charge in [0.15, 0.2) is 0 Å². The minimum Gasteiger partial charge on any atom is -0.331 e. The number of rotatable bonds is 1. The lowest BCUT2D eigenvalue weighted by Gasteiger charge is -1.98. The molecule has 1 heterocycles. The van der Waals surface area contributed by atoms with Crippen LogP contribution in [0.5, 0.6) is 0 Å². The van der Waals surface area contributed by atoms with Gasteiger partial charge in [-0.05, 0) is 40.9 Å². The van der Waals surface area contributed by atoms with Crippen molar-refractivity contribution >= 4 is 27.0 Å². The summed E-state index contributed by atoms with van der Waals surface area (Å²) in [4.78, 5) is 4.69. The van der Waals surface area contributed by atoms with Crippen LogP contribution in [0.3, 0.4) is 0 Å². The first-order valence-electron chi connectivity index (χ1n) is 4.88. The van der Waals surface area contributed by atoms with E-state index >= 15 is 0 Å². The number of imidazole rings is 1. The Morgan fingerprint density at radius 1 is 1.43 bits per heavy atom. The molecule has 14 heavy (non-hydrogen) atoms. The molecular weight excluding hydrogens is 240 g/mol. The maximum Gasteiger partial charge on any atom is 0.112 e. The van der Waals surface area contributed by atoms with Crippen LogP contribution in [0.1, 0.15) is 24.6 Å². The van der Waals surface area contributed by atoms with E-state index in [4.69, 9.17) is 0 Å². The normalized spacial score (nSPS) is 16.4. The van der Waals surface area contributed by atoms with Gasteiger partial charge < -0.3 is 4.57 Å². The summed E-state index contributed by atoms with van der Waals surface area (Å²) in [6.45, 7) is 0. The Labute approximate surface area is 91.1 Å². The Bertz CT molecular complexity index is 497. The lowest BCUT2D eigenvalue weighted by Crippen LogP contribution is -1.94. The second kappa shape index (κ2) is 2.83. The third kappa shape index (κ3) is 1.12. The molecule has 2 aromatic rings. The summed E-state index contributed by atoms with van der Waals surface area (Å²) in [5.41, 5.74) is 2.32. The smallest absolute Gasteiger partial charge is 0.112 e. The molecule has 0 bridgehead atoms. The molecule has 3 heteroatoms. The summed E-state index contributed by atoms with van der Waals surface area (Å²) < 4.78 is 3.31. The van der Waals surface area contributed by atoms with Crippen LogP contribution in [0, 0.1) is 0 Å². The van der Waals surface area contributed by atoms with Crippen molar-refractivity contribution in [2.75, 3.05) is 0 Å². The van der Waals surface area contributed by atoms with E-state index in [0.717, 1.165) is 9.99 Å². The molecule has 1 fully saturated rings. The summed E-state index contributed by atoms with van der Waals surface area (Å²) >= 11 is 3.54. The minimum absolute atomic E-state index is 0.708. The number of para-hydroxylation sites is 1. The Morgan fingerprint density at radius 3 is 2.86 bits per heavy atom. The molecule has 0 unspecified atom stereocenters. The Balaban J connectivity index is 2.33. The number of benzene rings is 1. The molecule has 1 aliphatic rings. The molecule has 1 aromatic heterocycles. The monoisotopic (exact) mass is 250 g/mol. The van der Waals surface area contributed by atoms with Crippen LogP contribution in [0.25, 0.3) is 11.0 Å². The second-order valence-electron chi connectivity index (χ2n) is 3.91. The molecule has 72 valence electrons. The van der Waals surface area contributed by atoms with Crippen molar-refractivity contribution < 1.29 is 0 Å². The van der Waals surface area contributed by atoms with E-state index < -0.39 is 0 Å². The molecule has 2 nitrogen and oxygen atoms in total. The summed E-state index contributed by atoms with van der Waals surface area (Å²) in [6, 6.07) is 6.23. The van der Waals surface area contributed by atoms with Gasteiger partial charge in [0.1, 0.15) is 11.3 Å². The van der Waals surface area contributed by atoms with Crippen LogP contribution in [0.2, 0.25) is 0 Å². The number of halogens is 1. The quantitative estimate of drug-likeness (QED) is 0.760. The van der Waals surface area contributed by atoms with Crippen LogP contribution < -0.4 is 0 Å². The third-order valence-corrected chi connectivity index (χ3v) is 3.48. The zero-order chi connectivity index (χ0) is 9.71. The Kier molecular flexibility index (Phi) is 1.71. The molecule has 1 saturated carbocycles. The van der Waals surface area contributed by atoms with Crippen LogP contribution in [-0.2, 0) is 7.05 Å². The molecule has 0 atom stereocenters. The van der Waals surface area contributed by atoms with Gasteiger partial charge in [-0.3, -0.25) is 0 Å². The lowest BCUT2D eigenvalue weighted by molar-refractivity contribution is 0.820. The van der Waals surface area contributed by atoms with Crippen molar-refractivity contribution in [1.29, 1.82) is 0 Å². The first kappa shape index (κ1) is 8.48. The highest BCUT2D eigenvalue weighted by Gasteiger charge is 2.28. The largest absolute Gasteiger partial charge is 0.331 e. The number of hydrogen-bond donors (Lipinski definition) is 0. The standard InChI is InChI=1S/C11H11BrN2/c1-14-9-4-2-3-8(12)10(9)13-11(14)7-5-6-7/h2-4,7H,5-6H2,1H3. The van der Waals surface area contributed by atoms with E-state index in [9.17, 15) is 0 Å². The van der Waals surface area contributed by atoms with E-state index in [1.54, 1.807) is 0 Å². The Morgan fingerprint density at radius 2 is 2.21 bits per heavy atom. The summed E-state index contributed by atoms with van der Waals surface area (Å²) in [5, 5.41) is 0. The van der Waals surface area contributed by atoms with Gasteiger partial charge in [0.2, 0.25) is 0 Å². The average molecular weight is 251 g/mol. The van der Waals surface area contributed by atoms with E-state index in [2.05, 4.69) is 44.7 Å². The van der Waals surface area contributed by atoms with Crippen molar-refractivity contribution in [3.8, 4) is 0 Å². The van der Waals surface area contributed by atoms with Crippen molar-refractivity contribution in [2.45, 2.75) is 18.8 Å². The first-order valence-corrected chi connectivity index (χ1v) is 5.67. The zero-order valence-electron chi connectivity index (χ0n) is 8.00. The van der Waals surface area contributed by atoms with E-state index in [0.29, 0.717) is 5.92 Å². The van der Waals surface area contributed by atoms with Gasteiger partial charge >= 0.3 is 0 Å². The van der Waals surface area contributed by atoms with Crippen molar-refractivity contribution in [1.82, 2.24) is 9.55 Å². The van der Waals surface area contributed by atoms with Gasteiger partial charge in [-0.15, -0.1) is 0 Å². The predicted octanol–water partition coefficient (Wildman–Crippen LogP) is 3.21. The maximum atomic E-state index is 4.69. The van der Waals surface area contributed by atoms with Gasteiger partial charge in [-0.1, -0.05) is 6.07 Å². The van der Waals surface area contributed by atoms with Crippen LogP contribution >= 0.6 is 15.9 Å². The molecule has 0 spiro atoms. The summed E-state index contributed by atoms with van der Waals surface area (Å²) in [5.74, 6) is 1.95. The van der Waals surface area contributed by atoms with Gasteiger partial charge in [0.05, 0.1) is 5.52 Å². The highest BCUT2D eigenvalue weighted by atomic mass is 79.9. The SMILES string of the molecule is Cn1c(C2CC2)nc2c(Br)cccc21. The number of aryl methyl sites for hydroxylation is 1. The van der Waals surface area contributed by atoms with Crippen molar-refractivity contribution in [2.24, 2.45) is 7.05 Å². The third-order valence-electron chi connectivity index (χ3n) is 2.84. The number of aromatic nitrogens is 2. The van der Waals surface area contributed by atoms with E-state index in [-0.39, 0.29) is 0 Å². The maximum absolute atomic E-state index is 4.69. The predicted molar refractivity (Wildman–Crippen MR) is 60.4 cm³/mol. The van der Waals surface area contributed by atoms with E-state index in [1.165, 1.54) is 24.2 Å². The number of fused-ring (bicyclic) bond motifs is 1. The molecule has 0 saturated heterocycles. The second-order valence-corrected chi connectivity index (χ2v) is 4.77. The topological polar surface area (TPSA) is 17.8 Å². The summed E-state index contributed by atoms with van der Waals surface area (Å²) in [7, 11) is 2.11. The van der Waals surface area contributed by atoms with E-state index in [1.807, 2.05) is 6.07 Å². The number of nitrogens with zero attached hydrogens (tertiary/aromatic N) is 2. The highest BCUT2D eigenvalue weighted by Crippen LogP contribution is 2.40. The lowest BCUT2D eigenvalue weighted by atomic mass is 10.3. The van der Waals surface area contributed by atoms with Gasteiger partial charge in [-0.25, -0.2) is 4.98 Å². The van der Waals surface area contributed by atoms with Crippen molar-refractivity contribution in [3.05, 3.63) is 28.5 Å². The van der Waals surface area contributed by atoms with Crippen LogP contribution in [-0.4, -0.2) is 9.55 Å². The molecule has 1 aromatic carbocycles. The molecule has 1 aliphatic carbocycles. The fourth-order valence-electron chi connectivity index (χ4n) is 1.90. The first-order chi connectivity index (χ1) is 6.77. The minimum atomic E-state index is 0.708. The molecule has 0 radical (unpaired) electrons. The molecule has 0 aliphatic heterocycles. The zero-order valence-corrected chi connectivity index (χ0v) is 9.58. The molecular formula is C11H11BrN2. The summed E-state index contributed by atoms with van der Waals surface area (Å²) in [6.07, 6.45) is 2.60. The van der Waals surface area contributed by atoms with Crippen molar-refractivity contribution in [3.63, 3.8) is 0 Å². The van der Waals surface area contributed by atoms with Crippen LogP contribution in [0.15, 0.2) is 22.7 Å². The molecule has 0 N–H and O–H groups in total. The Hall–Kier alpha value is -0.830. The molecule has 3 rings (SSSR count). The molecule has 0 amide bonds. The van der Waals surface area contributed by atoms with Gasteiger partial charge in [-0.2, -0.15) is 0 Å². The fraction of sp³-hybridized carbons (Fsp3) is 0.364. The van der Waals surface area contributed by atoms with Gasteiger partial charge in [0, 0.05) is 17.4 Å². The average Bonchev–Trinajstić information content (AvgIpc) is 2.94. The van der Waals surface area contributed by atoms with Gasteiger partial charge in [0.25, 0.3) is 0 Å². The highest BCUT2D eigenvalue weighted by molar-refractivity contribution is 9.10. The number of hydrogen-bond acceptors (Lipinski definition) is 1. The van der Waals surface area contributed by atoms with Crippen LogP contribution in [0.4, 0.5) is 0 Å². The fourth-order valence-corrected chi connectivity index (χ4v) is 2.35.